The van der Waals surface area contributed by atoms with E-state index >= 15 is 0 Å². The second kappa shape index (κ2) is 8.60. The molecule has 4 rings (SSSR count). The van der Waals surface area contributed by atoms with Gasteiger partial charge in [0.05, 0.1) is 21.9 Å². The minimum atomic E-state index is -4.58. The monoisotopic (exact) mass is 491 g/mol. The van der Waals surface area contributed by atoms with E-state index in [1.165, 1.54) is 48.9 Å². The number of nitrogens with zero attached hydrogens (tertiary/aromatic N) is 5. The first-order chi connectivity index (χ1) is 16.0. The molecule has 0 bridgehead atoms. The van der Waals surface area contributed by atoms with Crippen LogP contribution in [0.2, 0.25) is 0 Å². The highest BCUT2D eigenvalue weighted by Crippen LogP contribution is 2.33. The maximum Gasteiger partial charge on any atom is 0.416 e. The molecule has 0 spiro atoms. The molecule has 34 heavy (non-hydrogen) atoms. The van der Waals surface area contributed by atoms with E-state index in [0.29, 0.717) is 5.56 Å². The van der Waals surface area contributed by atoms with Gasteiger partial charge in [-0.05, 0) is 36.4 Å². The predicted octanol–water partition coefficient (Wildman–Crippen LogP) is 4.56. The highest BCUT2D eigenvalue weighted by molar-refractivity contribution is 7.91. The number of hydrogen-bond acceptors (Lipinski definition) is 6. The van der Waals surface area contributed by atoms with E-state index in [-0.39, 0.29) is 39.4 Å². The summed E-state index contributed by atoms with van der Waals surface area (Å²) in [5, 5.41) is 7.95. The third-order valence-electron chi connectivity index (χ3n) is 5.10. The number of aromatic nitrogens is 5. The molecule has 0 unspecified atom stereocenters. The van der Waals surface area contributed by atoms with Crippen LogP contribution in [-0.2, 0) is 23.1 Å². The molecular weight excluding hydrogens is 474 g/mol. The van der Waals surface area contributed by atoms with Gasteiger partial charge in [-0.15, -0.1) is 10.2 Å². The summed E-state index contributed by atoms with van der Waals surface area (Å²) in [7, 11) is -2.30. The van der Waals surface area contributed by atoms with Gasteiger partial charge in [-0.1, -0.05) is 19.1 Å². The Morgan fingerprint density at radius 1 is 0.971 bits per heavy atom. The van der Waals surface area contributed by atoms with Crippen molar-refractivity contribution in [3.8, 4) is 34.3 Å². The molecule has 3 heterocycles. The van der Waals surface area contributed by atoms with Gasteiger partial charge in [0.15, 0.2) is 21.5 Å². The molecule has 0 amide bonds. The Morgan fingerprint density at radius 3 is 2.38 bits per heavy atom. The van der Waals surface area contributed by atoms with Crippen molar-refractivity contribution in [2.24, 2.45) is 7.05 Å². The van der Waals surface area contributed by atoms with Crippen LogP contribution >= 0.6 is 0 Å². The van der Waals surface area contributed by atoms with E-state index in [2.05, 4.69) is 20.2 Å². The topological polar surface area (TPSA) is 90.6 Å². The minimum absolute atomic E-state index is 0.000472. The molecule has 0 fully saturated rings. The highest BCUT2D eigenvalue weighted by atomic mass is 32.2. The van der Waals surface area contributed by atoms with Crippen LogP contribution in [0.3, 0.4) is 0 Å². The number of hydrogen-bond donors (Lipinski definition) is 0. The molecule has 12 heteroatoms. The third-order valence-corrected chi connectivity index (χ3v) is 6.86. The molecule has 7 nitrogen and oxygen atoms in total. The zero-order valence-corrected chi connectivity index (χ0v) is 18.7. The van der Waals surface area contributed by atoms with Crippen molar-refractivity contribution in [1.82, 2.24) is 24.7 Å². The quantitative estimate of drug-likeness (QED) is 0.380. The van der Waals surface area contributed by atoms with Crippen molar-refractivity contribution in [2.75, 3.05) is 5.75 Å². The fourth-order valence-electron chi connectivity index (χ4n) is 3.31. The van der Waals surface area contributed by atoms with E-state index in [4.69, 9.17) is 0 Å². The molecule has 0 saturated carbocycles. The highest BCUT2D eigenvalue weighted by Gasteiger charge is 2.31. The second-order valence-electron chi connectivity index (χ2n) is 7.29. The zero-order valence-electron chi connectivity index (χ0n) is 17.9. The third kappa shape index (κ3) is 4.40. The first-order valence-corrected chi connectivity index (χ1v) is 11.6. The molecule has 0 atom stereocenters. The maximum absolute atomic E-state index is 13.7. The lowest BCUT2D eigenvalue weighted by atomic mass is 10.1. The lowest BCUT2D eigenvalue weighted by molar-refractivity contribution is -0.137. The van der Waals surface area contributed by atoms with Crippen molar-refractivity contribution < 1.29 is 26.0 Å². The van der Waals surface area contributed by atoms with E-state index in [0.717, 1.165) is 18.3 Å². The molecule has 1 aromatic carbocycles. The van der Waals surface area contributed by atoms with Gasteiger partial charge in [-0.3, -0.25) is 4.98 Å². The Kier molecular flexibility index (Phi) is 5.94. The summed E-state index contributed by atoms with van der Waals surface area (Å²) in [5.74, 6) is -0.734. The first-order valence-electron chi connectivity index (χ1n) is 9.94. The standard InChI is InChI=1S/C22H17F4N5O2S/c1-3-34(32,33)18-8-7-16(13-5-4-6-15(23)11-13)28-19(18)21-30-29-20(31(21)2)17-12-14(9-10-27-17)22(24,25)26/h4-12H,3H2,1-2H3. The van der Waals surface area contributed by atoms with Crippen molar-refractivity contribution in [3.63, 3.8) is 0 Å². The van der Waals surface area contributed by atoms with Crippen LogP contribution in [0.5, 0.6) is 0 Å². The summed E-state index contributed by atoms with van der Waals surface area (Å²) in [6.07, 6.45) is -3.58. The van der Waals surface area contributed by atoms with Crippen molar-refractivity contribution in [3.05, 3.63) is 66.1 Å². The van der Waals surface area contributed by atoms with Crippen LogP contribution in [0.15, 0.2) is 59.6 Å². The van der Waals surface area contributed by atoms with Gasteiger partial charge in [0, 0.05) is 18.8 Å². The second-order valence-corrected chi connectivity index (χ2v) is 9.54. The summed E-state index contributed by atoms with van der Waals surface area (Å²) >= 11 is 0. The van der Waals surface area contributed by atoms with Crippen LogP contribution in [0.1, 0.15) is 12.5 Å². The fraction of sp³-hybridized carbons (Fsp3) is 0.182. The van der Waals surface area contributed by atoms with Gasteiger partial charge in [0.1, 0.15) is 17.2 Å². The van der Waals surface area contributed by atoms with Gasteiger partial charge >= 0.3 is 6.18 Å². The molecule has 0 radical (unpaired) electrons. The lowest BCUT2D eigenvalue weighted by Gasteiger charge is -2.12. The van der Waals surface area contributed by atoms with Crippen LogP contribution in [0.4, 0.5) is 17.6 Å². The Bertz CT molecular complexity index is 1480. The predicted molar refractivity (Wildman–Crippen MR) is 116 cm³/mol. The fourth-order valence-corrected chi connectivity index (χ4v) is 4.33. The molecule has 0 saturated heterocycles. The van der Waals surface area contributed by atoms with Crippen molar-refractivity contribution in [1.29, 1.82) is 0 Å². The van der Waals surface area contributed by atoms with E-state index in [1.54, 1.807) is 6.07 Å². The van der Waals surface area contributed by atoms with Crippen LogP contribution in [-0.4, -0.2) is 38.9 Å². The molecule has 0 aliphatic rings. The molecule has 3 aromatic heterocycles. The van der Waals surface area contributed by atoms with E-state index in [1.807, 2.05) is 0 Å². The summed E-state index contributed by atoms with van der Waals surface area (Å²) in [4.78, 5) is 8.24. The van der Waals surface area contributed by atoms with Gasteiger partial charge in [0.25, 0.3) is 0 Å². The van der Waals surface area contributed by atoms with Gasteiger partial charge in [-0.25, -0.2) is 17.8 Å². The van der Waals surface area contributed by atoms with E-state index < -0.39 is 27.4 Å². The summed E-state index contributed by atoms with van der Waals surface area (Å²) in [5.41, 5.74) is -0.383. The number of benzene rings is 1. The number of sulfone groups is 1. The van der Waals surface area contributed by atoms with Gasteiger partial charge in [-0.2, -0.15) is 13.2 Å². The summed E-state index contributed by atoms with van der Waals surface area (Å²) in [6, 6.07) is 10.1. The molecule has 0 aliphatic heterocycles. The number of rotatable bonds is 5. The summed E-state index contributed by atoms with van der Waals surface area (Å²) < 4.78 is 80.0. The molecule has 4 aromatic rings. The van der Waals surface area contributed by atoms with Crippen LogP contribution in [0, 0.1) is 5.82 Å². The average molecular weight is 491 g/mol. The number of halogens is 4. The van der Waals surface area contributed by atoms with Crippen molar-refractivity contribution >= 4 is 9.84 Å². The number of pyridine rings is 2. The lowest BCUT2D eigenvalue weighted by Crippen LogP contribution is -2.10. The van der Waals surface area contributed by atoms with Crippen molar-refractivity contribution in [2.45, 2.75) is 18.0 Å². The number of alkyl halides is 3. The van der Waals surface area contributed by atoms with Gasteiger partial charge < -0.3 is 4.57 Å². The molecule has 176 valence electrons. The first kappa shape index (κ1) is 23.5. The molecular formula is C22H17F4N5O2S. The SMILES string of the molecule is CCS(=O)(=O)c1ccc(-c2cccc(F)c2)nc1-c1nnc(-c2cc(C(F)(F)F)ccn2)n1C. The van der Waals surface area contributed by atoms with Crippen LogP contribution < -0.4 is 0 Å². The maximum atomic E-state index is 13.7. The largest absolute Gasteiger partial charge is 0.416 e. The Morgan fingerprint density at radius 2 is 1.71 bits per heavy atom. The Labute approximate surface area is 192 Å². The smallest absolute Gasteiger partial charge is 0.307 e. The minimum Gasteiger partial charge on any atom is -0.307 e. The molecule has 0 N–H and O–H groups in total. The summed E-state index contributed by atoms with van der Waals surface area (Å²) in [6.45, 7) is 1.47. The van der Waals surface area contributed by atoms with Crippen LogP contribution in [0.25, 0.3) is 34.3 Å². The Hall–Kier alpha value is -3.67. The normalized spacial score (nSPS) is 12.2. The zero-order chi connectivity index (χ0) is 24.7. The van der Waals surface area contributed by atoms with E-state index in [9.17, 15) is 26.0 Å². The molecule has 0 aliphatic carbocycles. The average Bonchev–Trinajstić information content (AvgIpc) is 3.19. The van der Waals surface area contributed by atoms with Gasteiger partial charge in [0.2, 0.25) is 0 Å². The Balaban J connectivity index is 1.90.